The number of aliphatic hydroxyl groups is 1. The van der Waals surface area contributed by atoms with E-state index in [0.717, 1.165) is 10.8 Å². The number of carbonyl (C=O) groups excluding carboxylic acids is 2. The lowest BCUT2D eigenvalue weighted by molar-refractivity contribution is 0.0389. The Bertz CT molecular complexity index is 1760. The van der Waals surface area contributed by atoms with Crippen molar-refractivity contribution in [2.24, 2.45) is 5.92 Å². The van der Waals surface area contributed by atoms with E-state index in [2.05, 4.69) is 10.6 Å². The lowest BCUT2D eigenvalue weighted by Crippen LogP contribution is -2.50. The molecule has 3 N–H and O–H groups in total. The number of aliphatic hydroxyl groups excluding tert-OH is 1. The van der Waals surface area contributed by atoms with E-state index in [-0.39, 0.29) is 53.4 Å². The Labute approximate surface area is 257 Å². The Balaban J connectivity index is 1.48. The average molecular weight is 617 g/mol. The molecule has 0 radical (unpaired) electrons. The van der Waals surface area contributed by atoms with E-state index in [1.165, 1.54) is 23.5 Å². The van der Waals surface area contributed by atoms with Crippen molar-refractivity contribution in [3.05, 3.63) is 96.6 Å². The fourth-order valence-electron chi connectivity index (χ4n) is 5.29. The lowest BCUT2D eigenvalue weighted by Gasteiger charge is -2.38. The van der Waals surface area contributed by atoms with Gasteiger partial charge in [-0.25, -0.2) is 13.2 Å². The maximum absolute atomic E-state index is 13.8. The molecule has 0 aliphatic carbocycles. The number of benzene rings is 4. The first-order valence-electron chi connectivity index (χ1n) is 14.4. The third-order valence-corrected chi connectivity index (χ3v) is 9.70. The molecular formula is C33H36N4O6S. The molecule has 3 amide bonds. The van der Waals surface area contributed by atoms with Gasteiger partial charge in [0.25, 0.3) is 5.91 Å². The van der Waals surface area contributed by atoms with Gasteiger partial charge in [0.2, 0.25) is 10.0 Å². The topological polar surface area (TPSA) is 128 Å². The molecule has 0 saturated heterocycles. The molecule has 10 nitrogen and oxygen atoms in total. The number of urea groups is 1. The van der Waals surface area contributed by atoms with Crippen molar-refractivity contribution >= 4 is 44.1 Å². The van der Waals surface area contributed by atoms with Crippen molar-refractivity contribution in [2.75, 3.05) is 37.4 Å². The molecule has 0 bridgehead atoms. The summed E-state index contributed by atoms with van der Waals surface area (Å²) in [6.45, 7) is 3.56. The van der Waals surface area contributed by atoms with E-state index < -0.39 is 28.2 Å². The predicted molar refractivity (Wildman–Crippen MR) is 170 cm³/mol. The molecule has 1 aliphatic rings. The quantitative estimate of drug-likeness (QED) is 0.255. The summed E-state index contributed by atoms with van der Waals surface area (Å²) < 4.78 is 34.4. The summed E-state index contributed by atoms with van der Waals surface area (Å²) >= 11 is 0. The normalized spacial score (nSPS) is 17.8. The summed E-state index contributed by atoms with van der Waals surface area (Å²) in [5.74, 6) is -0.579. The number of hydrogen-bond acceptors (Lipinski definition) is 6. The number of sulfonamides is 1. The number of likely N-dealkylation sites (N-methyl/N-ethyl adjacent to an activating group) is 1. The van der Waals surface area contributed by atoms with Gasteiger partial charge in [-0.1, -0.05) is 67.6 Å². The third kappa shape index (κ3) is 6.40. The smallest absolute Gasteiger partial charge is 0.323 e. The molecule has 1 heterocycles. The van der Waals surface area contributed by atoms with E-state index in [0.29, 0.717) is 5.69 Å². The lowest BCUT2D eigenvalue weighted by atomic mass is 9.99. The number of nitrogens with one attached hydrogen (secondary N) is 2. The first-order chi connectivity index (χ1) is 21.1. The van der Waals surface area contributed by atoms with Crippen LogP contribution < -0.4 is 15.4 Å². The zero-order chi connectivity index (χ0) is 31.4. The molecule has 0 spiro atoms. The summed E-state index contributed by atoms with van der Waals surface area (Å²) in [6, 6.07) is 25.2. The van der Waals surface area contributed by atoms with Crippen molar-refractivity contribution in [1.29, 1.82) is 0 Å². The largest absolute Gasteiger partial charge is 0.486 e. The van der Waals surface area contributed by atoms with Crippen molar-refractivity contribution in [1.82, 2.24) is 9.21 Å². The number of rotatable bonds is 8. The van der Waals surface area contributed by atoms with Crippen LogP contribution in [0.4, 0.5) is 16.2 Å². The zero-order valence-corrected chi connectivity index (χ0v) is 25.6. The Morgan fingerprint density at radius 1 is 0.977 bits per heavy atom. The number of anilines is 2. The number of hydrogen-bond donors (Lipinski definition) is 3. The molecule has 4 aromatic rings. The van der Waals surface area contributed by atoms with Crippen molar-refractivity contribution < 1.29 is 27.9 Å². The summed E-state index contributed by atoms with van der Waals surface area (Å²) in [6.07, 6.45) is -0.706. The van der Waals surface area contributed by atoms with Crippen LogP contribution >= 0.6 is 0 Å². The number of para-hydroxylation sites is 1. The predicted octanol–water partition coefficient (Wildman–Crippen LogP) is 5.02. The highest BCUT2D eigenvalue weighted by atomic mass is 32.2. The molecule has 0 fully saturated rings. The minimum atomic E-state index is -3.83. The van der Waals surface area contributed by atoms with E-state index in [9.17, 15) is 23.1 Å². The van der Waals surface area contributed by atoms with E-state index in [1.807, 2.05) is 43.3 Å². The molecule has 44 heavy (non-hydrogen) atoms. The third-order valence-electron chi connectivity index (χ3n) is 7.87. The second kappa shape index (κ2) is 13.0. The molecule has 0 aromatic heterocycles. The number of amides is 3. The van der Waals surface area contributed by atoms with Gasteiger partial charge in [0.05, 0.1) is 41.0 Å². The van der Waals surface area contributed by atoms with Crippen LogP contribution in [-0.2, 0) is 10.0 Å². The number of nitrogens with zero attached hydrogens (tertiary/aromatic N) is 2. The van der Waals surface area contributed by atoms with Gasteiger partial charge in [0.15, 0.2) is 5.75 Å². The summed E-state index contributed by atoms with van der Waals surface area (Å²) in [4.78, 5) is 28.8. The maximum Gasteiger partial charge on any atom is 0.323 e. The second-order valence-electron chi connectivity index (χ2n) is 11.0. The van der Waals surface area contributed by atoms with Crippen LogP contribution in [0.5, 0.6) is 5.75 Å². The van der Waals surface area contributed by atoms with E-state index in [1.54, 1.807) is 54.3 Å². The van der Waals surface area contributed by atoms with Crippen molar-refractivity contribution in [2.45, 2.75) is 30.9 Å². The summed E-state index contributed by atoms with van der Waals surface area (Å²) in [5.41, 5.74) is 1.05. The minimum Gasteiger partial charge on any atom is -0.486 e. The Morgan fingerprint density at radius 3 is 2.36 bits per heavy atom. The van der Waals surface area contributed by atoms with Crippen LogP contribution in [0, 0.1) is 5.92 Å². The highest BCUT2D eigenvalue weighted by Crippen LogP contribution is 2.35. The molecule has 5 rings (SSSR count). The number of ether oxygens (including phenoxy) is 1. The van der Waals surface area contributed by atoms with Crippen LogP contribution in [0.15, 0.2) is 95.9 Å². The van der Waals surface area contributed by atoms with Crippen LogP contribution in [0.25, 0.3) is 10.8 Å². The highest BCUT2D eigenvalue weighted by Gasteiger charge is 2.36. The van der Waals surface area contributed by atoms with Gasteiger partial charge in [-0.05, 0) is 42.6 Å². The molecule has 4 aromatic carbocycles. The standard InChI is InChI=1S/C33H36N4O6S/c1-22-19-37(23(2)21-38)32(39)27-16-10-18-29(35-33(40)34-28-17-9-12-24-11-7-8-15-26(24)28)31(27)43-30(22)20-36(3)44(41,42)25-13-5-4-6-14-25/h4-18,22-23,30,38H,19-21H2,1-3H3,(H2,34,35,40). The maximum atomic E-state index is 13.8. The first-order valence-corrected chi connectivity index (χ1v) is 15.8. The second-order valence-corrected chi connectivity index (χ2v) is 13.1. The minimum absolute atomic E-state index is 0.0239. The zero-order valence-electron chi connectivity index (χ0n) is 24.8. The number of carbonyl (C=O) groups is 2. The van der Waals surface area contributed by atoms with Crippen LogP contribution in [-0.4, -0.2) is 73.6 Å². The molecule has 3 unspecified atom stereocenters. The Morgan fingerprint density at radius 2 is 1.61 bits per heavy atom. The van der Waals surface area contributed by atoms with Gasteiger partial charge < -0.3 is 25.4 Å². The van der Waals surface area contributed by atoms with Gasteiger partial charge in [-0.15, -0.1) is 0 Å². The fourth-order valence-corrected chi connectivity index (χ4v) is 6.50. The molecule has 1 aliphatic heterocycles. The van der Waals surface area contributed by atoms with Gasteiger partial charge in [0.1, 0.15) is 6.10 Å². The van der Waals surface area contributed by atoms with Gasteiger partial charge in [0, 0.05) is 24.9 Å². The molecule has 11 heteroatoms. The first kappa shape index (κ1) is 31.0. The van der Waals surface area contributed by atoms with Gasteiger partial charge in [-0.2, -0.15) is 4.31 Å². The molecular weight excluding hydrogens is 580 g/mol. The molecule has 0 saturated carbocycles. The number of fused-ring (bicyclic) bond motifs is 2. The molecule has 230 valence electrons. The Kier molecular flexibility index (Phi) is 9.19. The fraction of sp³-hybridized carbons (Fsp3) is 0.273. The highest BCUT2D eigenvalue weighted by molar-refractivity contribution is 7.89. The average Bonchev–Trinajstić information content (AvgIpc) is 3.03. The SMILES string of the molecule is CC1CN(C(C)CO)C(=O)c2cccc(NC(=O)Nc3cccc4ccccc34)c2OC1CN(C)S(=O)(=O)c1ccccc1. The van der Waals surface area contributed by atoms with E-state index in [4.69, 9.17) is 4.74 Å². The monoisotopic (exact) mass is 616 g/mol. The van der Waals surface area contributed by atoms with Crippen molar-refractivity contribution in [3.63, 3.8) is 0 Å². The van der Waals surface area contributed by atoms with Gasteiger partial charge in [-0.3, -0.25) is 4.79 Å². The Hall–Kier alpha value is -4.45. The van der Waals surface area contributed by atoms with Gasteiger partial charge >= 0.3 is 6.03 Å². The molecule has 3 atom stereocenters. The summed E-state index contributed by atoms with van der Waals surface area (Å²) in [5, 5.41) is 17.5. The van der Waals surface area contributed by atoms with Crippen molar-refractivity contribution in [3.8, 4) is 5.75 Å². The van der Waals surface area contributed by atoms with Crippen LogP contribution in [0.2, 0.25) is 0 Å². The van der Waals surface area contributed by atoms with E-state index >= 15 is 0 Å². The van der Waals surface area contributed by atoms with Crippen LogP contribution in [0.1, 0.15) is 24.2 Å². The summed E-state index contributed by atoms with van der Waals surface area (Å²) in [7, 11) is -2.35. The van der Waals surface area contributed by atoms with Crippen LogP contribution in [0.3, 0.4) is 0 Å².